The van der Waals surface area contributed by atoms with Crippen LogP contribution in [0.15, 0.2) is 24.3 Å². The van der Waals surface area contributed by atoms with Crippen LogP contribution in [0.25, 0.3) is 0 Å². The first-order valence-electron chi connectivity index (χ1n) is 3.54. The van der Waals surface area contributed by atoms with E-state index < -0.39 is 0 Å². The van der Waals surface area contributed by atoms with E-state index in [1.54, 1.807) is 0 Å². The molecule has 0 aliphatic carbocycles. The van der Waals surface area contributed by atoms with Crippen LogP contribution in [0.3, 0.4) is 0 Å². The largest absolute Gasteiger partial charge is 0.423 e. The van der Waals surface area contributed by atoms with E-state index in [9.17, 15) is 4.79 Å². The summed E-state index contributed by atoms with van der Waals surface area (Å²) >= 11 is 1.15. The Hall–Kier alpha value is -1.16. The summed E-state index contributed by atoms with van der Waals surface area (Å²) in [5.74, 6) is 1.03. The summed E-state index contributed by atoms with van der Waals surface area (Å²) in [6, 6.07) is 7.38. The summed E-state index contributed by atoms with van der Waals surface area (Å²) in [6.07, 6.45) is 0. The molecule has 1 aromatic carbocycles. The van der Waals surface area contributed by atoms with Crippen LogP contribution in [-0.4, -0.2) is 11.7 Å². The molecule has 62 valence electrons. The zero-order valence-electron chi connectivity index (χ0n) is 6.24. The number of anilines is 1. The van der Waals surface area contributed by atoms with Gasteiger partial charge in [-0.3, -0.25) is 4.79 Å². The lowest BCUT2D eigenvalue weighted by Crippen LogP contribution is -2.11. The van der Waals surface area contributed by atoms with Gasteiger partial charge in [-0.05, 0) is 12.1 Å². The Kier molecular flexibility index (Phi) is 1.91. The first kappa shape index (κ1) is 7.49. The molecule has 12 heavy (non-hydrogen) atoms. The summed E-state index contributed by atoms with van der Waals surface area (Å²) in [7, 11) is 0. The molecule has 0 radical (unpaired) electrons. The standard InChI is InChI=1S/C8H7NO2S/c10-8-5-12-11-7-4-2-1-3-6(7)9-8/h1-4H,5H2,(H,9,10). The molecular weight excluding hydrogens is 174 g/mol. The Labute approximate surface area is 74.3 Å². The second-order valence-electron chi connectivity index (χ2n) is 2.39. The van der Waals surface area contributed by atoms with E-state index in [4.69, 9.17) is 4.18 Å². The van der Waals surface area contributed by atoms with Crippen LogP contribution in [0.1, 0.15) is 0 Å². The van der Waals surface area contributed by atoms with Crippen molar-refractivity contribution >= 4 is 23.6 Å². The number of carbonyl (C=O) groups excluding carboxylic acids is 1. The topological polar surface area (TPSA) is 38.3 Å². The lowest BCUT2D eigenvalue weighted by Gasteiger charge is -2.02. The average Bonchev–Trinajstić information content (AvgIpc) is 2.25. The maximum Gasteiger partial charge on any atom is 0.237 e. The number of amides is 1. The number of carbonyl (C=O) groups is 1. The number of benzene rings is 1. The Morgan fingerprint density at radius 1 is 1.42 bits per heavy atom. The molecule has 0 atom stereocenters. The predicted octanol–water partition coefficient (Wildman–Crippen LogP) is 1.67. The second kappa shape index (κ2) is 3.06. The van der Waals surface area contributed by atoms with Gasteiger partial charge in [-0.15, -0.1) is 0 Å². The summed E-state index contributed by atoms with van der Waals surface area (Å²) in [5.41, 5.74) is 0.743. The monoisotopic (exact) mass is 181 g/mol. The van der Waals surface area contributed by atoms with Crippen LogP contribution in [0.4, 0.5) is 5.69 Å². The second-order valence-corrected chi connectivity index (χ2v) is 3.08. The summed E-state index contributed by atoms with van der Waals surface area (Å²) in [4.78, 5) is 11.0. The fourth-order valence-corrected chi connectivity index (χ4v) is 1.49. The minimum atomic E-state index is -0.0232. The number of fused-ring (bicyclic) bond motifs is 1. The molecule has 1 amide bonds. The van der Waals surface area contributed by atoms with Gasteiger partial charge in [0, 0.05) is 0 Å². The molecule has 0 unspecified atom stereocenters. The molecule has 3 nitrogen and oxygen atoms in total. The van der Waals surface area contributed by atoms with E-state index in [-0.39, 0.29) is 5.91 Å². The van der Waals surface area contributed by atoms with E-state index in [0.717, 1.165) is 17.7 Å². The molecule has 1 aliphatic heterocycles. The maximum atomic E-state index is 11.0. The molecule has 4 heteroatoms. The number of rotatable bonds is 0. The highest BCUT2D eigenvalue weighted by Gasteiger charge is 2.12. The minimum Gasteiger partial charge on any atom is -0.423 e. The first-order valence-corrected chi connectivity index (χ1v) is 4.46. The quantitative estimate of drug-likeness (QED) is 0.619. The Morgan fingerprint density at radius 2 is 2.25 bits per heavy atom. The lowest BCUT2D eigenvalue weighted by atomic mass is 10.3. The van der Waals surface area contributed by atoms with Crippen LogP contribution in [0.2, 0.25) is 0 Å². The van der Waals surface area contributed by atoms with Gasteiger partial charge < -0.3 is 9.50 Å². The van der Waals surface area contributed by atoms with Crippen molar-refractivity contribution in [2.24, 2.45) is 0 Å². The molecule has 0 saturated heterocycles. The SMILES string of the molecule is O=C1CSOc2ccccc2N1. The molecule has 0 bridgehead atoms. The third-order valence-electron chi connectivity index (χ3n) is 1.50. The van der Waals surface area contributed by atoms with E-state index in [2.05, 4.69) is 5.32 Å². The van der Waals surface area contributed by atoms with Gasteiger partial charge in [0.2, 0.25) is 5.91 Å². The normalized spacial score (nSPS) is 15.5. The molecule has 1 N–H and O–H groups in total. The molecule has 0 aromatic heterocycles. The molecule has 1 aliphatic rings. The number of hydrogen-bond donors (Lipinski definition) is 1. The van der Waals surface area contributed by atoms with Gasteiger partial charge in [-0.2, -0.15) is 0 Å². The number of para-hydroxylation sites is 2. The van der Waals surface area contributed by atoms with Crippen molar-refractivity contribution < 1.29 is 8.98 Å². The average molecular weight is 181 g/mol. The van der Waals surface area contributed by atoms with E-state index in [1.165, 1.54) is 0 Å². The highest BCUT2D eigenvalue weighted by molar-refractivity contribution is 7.95. The Bertz CT molecular complexity index is 314. The van der Waals surface area contributed by atoms with Gasteiger partial charge >= 0.3 is 0 Å². The van der Waals surface area contributed by atoms with Crippen molar-refractivity contribution in [2.45, 2.75) is 0 Å². The molecule has 1 heterocycles. The van der Waals surface area contributed by atoms with Crippen molar-refractivity contribution in [2.75, 3.05) is 11.1 Å². The maximum absolute atomic E-state index is 11.0. The first-order chi connectivity index (χ1) is 5.86. The number of hydrogen-bond acceptors (Lipinski definition) is 3. The smallest absolute Gasteiger partial charge is 0.237 e. The molecule has 1 aromatic rings. The van der Waals surface area contributed by atoms with E-state index in [0.29, 0.717) is 11.5 Å². The van der Waals surface area contributed by atoms with Crippen molar-refractivity contribution in [3.8, 4) is 5.75 Å². The van der Waals surface area contributed by atoms with Crippen LogP contribution >= 0.6 is 12.0 Å². The number of nitrogens with one attached hydrogen (secondary N) is 1. The summed E-state index contributed by atoms with van der Waals surface area (Å²) in [5, 5.41) is 2.74. The molecular formula is C8H7NO2S. The molecule has 0 fully saturated rings. The Morgan fingerprint density at radius 3 is 3.17 bits per heavy atom. The third kappa shape index (κ3) is 1.38. The van der Waals surface area contributed by atoms with Crippen LogP contribution < -0.4 is 9.50 Å². The molecule has 0 saturated carbocycles. The summed E-state index contributed by atoms with van der Waals surface area (Å²) < 4.78 is 5.25. The summed E-state index contributed by atoms with van der Waals surface area (Å²) in [6.45, 7) is 0. The van der Waals surface area contributed by atoms with Crippen LogP contribution in [-0.2, 0) is 4.79 Å². The highest BCUT2D eigenvalue weighted by Crippen LogP contribution is 2.29. The van der Waals surface area contributed by atoms with Gasteiger partial charge in [0.1, 0.15) is 5.75 Å². The molecule has 2 rings (SSSR count). The van der Waals surface area contributed by atoms with E-state index >= 15 is 0 Å². The van der Waals surface area contributed by atoms with Gasteiger partial charge in [0.25, 0.3) is 0 Å². The van der Waals surface area contributed by atoms with Gasteiger partial charge in [-0.1, -0.05) is 12.1 Å². The lowest BCUT2D eigenvalue weighted by molar-refractivity contribution is -0.113. The Balaban J connectivity index is 2.37. The predicted molar refractivity (Wildman–Crippen MR) is 48.2 cm³/mol. The van der Waals surface area contributed by atoms with Gasteiger partial charge in [-0.25, -0.2) is 0 Å². The van der Waals surface area contributed by atoms with E-state index in [1.807, 2.05) is 24.3 Å². The fourth-order valence-electron chi connectivity index (χ4n) is 0.975. The highest BCUT2D eigenvalue weighted by atomic mass is 32.2. The van der Waals surface area contributed by atoms with Crippen molar-refractivity contribution in [1.29, 1.82) is 0 Å². The zero-order valence-corrected chi connectivity index (χ0v) is 7.06. The fraction of sp³-hybridized carbons (Fsp3) is 0.125. The van der Waals surface area contributed by atoms with Crippen molar-refractivity contribution in [3.63, 3.8) is 0 Å². The van der Waals surface area contributed by atoms with Crippen molar-refractivity contribution in [3.05, 3.63) is 24.3 Å². The molecule has 0 spiro atoms. The van der Waals surface area contributed by atoms with Crippen molar-refractivity contribution in [1.82, 2.24) is 0 Å². The van der Waals surface area contributed by atoms with Crippen LogP contribution in [0, 0.1) is 0 Å². The van der Waals surface area contributed by atoms with Gasteiger partial charge in [0.05, 0.1) is 17.7 Å². The minimum absolute atomic E-state index is 0.0232. The van der Waals surface area contributed by atoms with Gasteiger partial charge in [0.15, 0.2) is 5.75 Å². The third-order valence-corrected chi connectivity index (χ3v) is 2.18. The zero-order chi connectivity index (χ0) is 8.39. The van der Waals surface area contributed by atoms with Crippen LogP contribution in [0.5, 0.6) is 5.75 Å².